The summed E-state index contributed by atoms with van der Waals surface area (Å²) >= 11 is 0. The zero-order valence-corrected chi connectivity index (χ0v) is 15.4. The molecule has 27 heavy (non-hydrogen) atoms. The highest BCUT2D eigenvalue weighted by atomic mass is 32.2. The van der Waals surface area contributed by atoms with Gasteiger partial charge in [-0.25, -0.2) is 26.6 Å². The topological polar surface area (TPSA) is 67.2 Å². The number of rotatable bonds is 6. The predicted molar refractivity (Wildman–Crippen MR) is 93.9 cm³/mol. The van der Waals surface area contributed by atoms with Crippen LogP contribution in [-0.4, -0.2) is 50.0 Å². The van der Waals surface area contributed by atoms with Crippen molar-refractivity contribution in [3.05, 3.63) is 23.9 Å². The van der Waals surface area contributed by atoms with E-state index in [4.69, 9.17) is 0 Å². The molecule has 3 rings (SSSR count). The molecule has 1 aliphatic heterocycles. The molecule has 0 aliphatic carbocycles. The van der Waals surface area contributed by atoms with Gasteiger partial charge in [-0.1, -0.05) is 0 Å². The van der Waals surface area contributed by atoms with E-state index in [2.05, 4.69) is 9.82 Å². The summed E-state index contributed by atoms with van der Waals surface area (Å²) in [7, 11) is -2.20. The number of hydrogen-bond acceptors (Lipinski definition) is 4. The second-order valence-electron chi connectivity index (χ2n) is 6.55. The first-order chi connectivity index (χ1) is 12.6. The Hall–Kier alpha value is -1.88. The van der Waals surface area contributed by atoms with Crippen molar-refractivity contribution in [2.45, 2.75) is 31.7 Å². The Balaban J connectivity index is 1.97. The van der Waals surface area contributed by atoms with E-state index in [-0.39, 0.29) is 43.6 Å². The molecule has 11 heteroatoms. The molecular weight excluding hydrogens is 388 g/mol. The number of nitrogens with zero attached hydrogens (tertiary/aromatic N) is 3. The first-order valence-corrected chi connectivity index (χ1v) is 10.1. The Morgan fingerprint density at radius 3 is 2.52 bits per heavy atom. The molecule has 0 atom stereocenters. The Bertz CT molecular complexity index is 920. The van der Waals surface area contributed by atoms with E-state index < -0.39 is 22.5 Å². The largest absolute Gasteiger partial charge is 0.371 e. The number of aryl methyl sites for hydroxylation is 1. The van der Waals surface area contributed by atoms with E-state index in [1.54, 1.807) is 17.0 Å². The third kappa shape index (κ3) is 4.52. The molecule has 2 heterocycles. The zero-order valence-electron chi connectivity index (χ0n) is 14.6. The fourth-order valence-corrected chi connectivity index (χ4v) is 3.81. The minimum atomic E-state index is -3.49. The quantitative estimate of drug-likeness (QED) is 0.747. The summed E-state index contributed by atoms with van der Waals surface area (Å²) in [5.74, 6) is -2.94. The molecule has 1 N–H and O–H groups in total. The van der Waals surface area contributed by atoms with Crippen molar-refractivity contribution >= 4 is 26.6 Å². The summed E-state index contributed by atoms with van der Waals surface area (Å²) in [5, 5.41) is 4.28. The molecule has 0 spiro atoms. The molecule has 0 unspecified atom stereocenters. The van der Waals surface area contributed by atoms with Crippen molar-refractivity contribution in [2.75, 3.05) is 30.8 Å². The lowest BCUT2D eigenvalue weighted by Gasteiger charge is -2.33. The van der Waals surface area contributed by atoms with E-state index in [9.17, 15) is 26.0 Å². The van der Waals surface area contributed by atoms with Gasteiger partial charge in [0.1, 0.15) is 0 Å². The number of nitrogens with one attached hydrogen (secondary N) is 1. The van der Waals surface area contributed by atoms with Crippen molar-refractivity contribution in [3.8, 4) is 0 Å². The van der Waals surface area contributed by atoms with Gasteiger partial charge in [-0.15, -0.1) is 0 Å². The molecule has 0 saturated carbocycles. The molecule has 6 nitrogen and oxygen atoms in total. The Morgan fingerprint density at radius 2 is 1.93 bits per heavy atom. The maximum Gasteiger partial charge on any atom is 0.333 e. The van der Waals surface area contributed by atoms with Crippen molar-refractivity contribution < 1.29 is 26.0 Å². The van der Waals surface area contributed by atoms with Crippen molar-refractivity contribution in [1.29, 1.82) is 0 Å². The SMILES string of the molecule is CNS(=O)(=O)CCc1cc(N2CCC(F)(F)CC2)cc2cn(C(F)F)nc12. The average Bonchev–Trinajstić information content (AvgIpc) is 3.04. The van der Waals surface area contributed by atoms with Crippen molar-refractivity contribution in [2.24, 2.45) is 0 Å². The van der Waals surface area contributed by atoms with Crippen molar-refractivity contribution in [1.82, 2.24) is 14.5 Å². The molecule has 0 bridgehead atoms. The minimum Gasteiger partial charge on any atom is -0.371 e. The molecule has 1 saturated heterocycles. The lowest BCUT2D eigenvalue weighted by molar-refractivity contribution is -0.0220. The Kier molecular flexibility index (Phi) is 5.35. The van der Waals surface area contributed by atoms with E-state index >= 15 is 0 Å². The highest BCUT2D eigenvalue weighted by Gasteiger charge is 2.34. The van der Waals surface area contributed by atoms with E-state index in [1.807, 2.05) is 0 Å². The monoisotopic (exact) mass is 408 g/mol. The fourth-order valence-electron chi connectivity index (χ4n) is 3.12. The Morgan fingerprint density at radius 1 is 1.26 bits per heavy atom. The van der Waals surface area contributed by atoms with Crippen LogP contribution < -0.4 is 9.62 Å². The lowest BCUT2D eigenvalue weighted by atomic mass is 10.0. The molecule has 2 aromatic rings. The van der Waals surface area contributed by atoms with Gasteiger partial charge in [-0.3, -0.25) is 0 Å². The number of sulfonamides is 1. The number of halogens is 4. The minimum absolute atomic E-state index is 0.0672. The summed E-state index contributed by atoms with van der Waals surface area (Å²) in [6.45, 7) is -2.56. The first kappa shape index (κ1) is 19.9. The summed E-state index contributed by atoms with van der Waals surface area (Å²) < 4.78 is 79.0. The summed E-state index contributed by atoms with van der Waals surface area (Å²) in [6.07, 6.45) is 0.672. The Labute approximate surface area is 154 Å². The fraction of sp³-hybridized carbons (Fsp3) is 0.562. The van der Waals surface area contributed by atoms with Crippen molar-refractivity contribution in [3.63, 3.8) is 0 Å². The van der Waals surface area contributed by atoms with Crippen LogP contribution in [0.3, 0.4) is 0 Å². The number of hydrogen-bond donors (Lipinski definition) is 1. The number of alkyl halides is 4. The van der Waals surface area contributed by atoms with Crippen LogP contribution in [0.2, 0.25) is 0 Å². The normalized spacial score (nSPS) is 17.8. The van der Waals surface area contributed by atoms with Crippen LogP contribution in [0.4, 0.5) is 23.2 Å². The van der Waals surface area contributed by atoms with Crippen LogP contribution in [0.5, 0.6) is 0 Å². The lowest BCUT2D eigenvalue weighted by Crippen LogP contribution is -2.39. The highest BCUT2D eigenvalue weighted by molar-refractivity contribution is 7.89. The molecule has 1 aromatic carbocycles. The van der Waals surface area contributed by atoms with Crippen LogP contribution in [-0.2, 0) is 16.4 Å². The zero-order chi connectivity index (χ0) is 19.8. The van der Waals surface area contributed by atoms with Gasteiger partial charge in [-0.2, -0.15) is 13.9 Å². The van der Waals surface area contributed by atoms with Crippen LogP contribution in [0, 0.1) is 0 Å². The first-order valence-electron chi connectivity index (χ1n) is 8.44. The van der Waals surface area contributed by atoms with Gasteiger partial charge >= 0.3 is 6.55 Å². The number of aromatic nitrogens is 2. The van der Waals surface area contributed by atoms with Gasteiger partial charge in [0.2, 0.25) is 10.0 Å². The van der Waals surface area contributed by atoms with Gasteiger partial charge < -0.3 is 4.90 Å². The summed E-state index contributed by atoms with van der Waals surface area (Å²) in [5.41, 5.74) is 1.37. The summed E-state index contributed by atoms with van der Waals surface area (Å²) in [4.78, 5) is 1.76. The molecule has 1 aliphatic rings. The molecule has 150 valence electrons. The molecular formula is C16H20F4N4O2S. The standard InChI is InChI=1S/C16H20F4N4O2S/c1-21-27(25,26)7-2-11-8-13(23-5-3-16(19,20)4-6-23)9-12-10-24(15(17)18)22-14(11)12/h8-10,15,21H,2-7H2,1H3. The van der Waals surface area contributed by atoms with Gasteiger partial charge in [0.15, 0.2) is 0 Å². The second kappa shape index (κ2) is 7.27. The average molecular weight is 408 g/mol. The van der Waals surface area contributed by atoms with E-state index in [0.717, 1.165) is 0 Å². The predicted octanol–water partition coefficient (Wildman–Crippen LogP) is 2.76. The van der Waals surface area contributed by atoms with Crippen LogP contribution in [0.25, 0.3) is 10.9 Å². The third-order valence-corrected chi connectivity index (χ3v) is 6.06. The molecule has 0 radical (unpaired) electrons. The van der Waals surface area contributed by atoms with Crippen LogP contribution >= 0.6 is 0 Å². The van der Waals surface area contributed by atoms with Gasteiger partial charge in [0, 0.05) is 43.2 Å². The smallest absolute Gasteiger partial charge is 0.333 e. The van der Waals surface area contributed by atoms with Crippen LogP contribution in [0.1, 0.15) is 25.0 Å². The van der Waals surface area contributed by atoms with E-state index in [1.165, 1.54) is 13.2 Å². The molecule has 1 fully saturated rings. The van der Waals surface area contributed by atoms with Crippen LogP contribution in [0.15, 0.2) is 18.3 Å². The molecule has 1 aromatic heterocycles. The number of piperidine rings is 1. The number of anilines is 1. The second-order valence-corrected chi connectivity index (χ2v) is 8.59. The van der Waals surface area contributed by atoms with Gasteiger partial charge in [0.05, 0.1) is 11.3 Å². The van der Waals surface area contributed by atoms with Gasteiger partial charge in [0.25, 0.3) is 5.92 Å². The third-order valence-electron chi connectivity index (χ3n) is 4.70. The summed E-state index contributed by atoms with van der Waals surface area (Å²) in [6, 6.07) is 3.28. The number of fused-ring (bicyclic) bond motifs is 1. The number of benzene rings is 1. The van der Waals surface area contributed by atoms with Gasteiger partial charge in [-0.05, 0) is 31.2 Å². The highest BCUT2D eigenvalue weighted by Crippen LogP contribution is 2.33. The molecule has 0 amide bonds. The van der Waals surface area contributed by atoms with E-state index in [0.29, 0.717) is 21.3 Å². The maximum absolute atomic E-state index is 13.4. The maximum atomic E-state index is 13.4.